The topological polar surface area (TPSA) is 63.9 Å². The molecular weight excluding hydrogens is 345 g/mol. The van der Waals surface area contributed by atoms with Crippen molar-refractivity contribution in [1.82, 2.24) is 24.4 Å². The summed E-state index contributed by atoms with van der Waals surface area (Å²) in [4.78, 5) is 27.0. The number of hydrogen-bond donors (Lipinski definition) is 0. The van der Waals surface area contributed by atoms with Crippen LogP contribution in [0, 0.1) is 0 Å². The molecule has 128 valence electrons. The quantitative estimate of drug-likeness (QED) is 0.705. The molecule has 1 fully saturated rings. The van der Waals surface area contributed by atoms with Crippen LogP contribution < -0.4 is 0 Å². The molecule has 3 aromatic heterocycles. The molecule has 0 saturated carbocycles. The molecule has 1 aliphatic heterocycles. The number of piperidine rings is 1. The number of alkyl halides is 1. The van der Waals surface area contributed by atoms with Crippen molar-refractivity contribution in [3.8, 4) is 5.82 Å². The molecule has 1 saturated heterocycles. The Bertz CT molecular complexity index is 921. The second-order valence-electron chi connectivity index (χ2n) is 5.94. The van der Waals surface area contributed by atoms with E-state index < -0.39 is 6.17 Å². The summed E-state index contributed by atoms with van der Waals surface area (Å²) < 4.78 is 15.0. The van der Waals surface area contributed by atoms with E-state index in [9.17, 15) is 9.18 Å². The number of carbonyl (C=O) groups is 1. The molecule has 0 bridgehead atoms. The molecule has 8 heteroatoms. The van der Waals surface area contributed by atoms with E-state index in [4.69, 9.17) is 11.6 Å². The van der Waals surface area contributed by atoms with Gasteiger partial charge in [-0.3, -0.25) is 14.3 Å². The number of amides is 1. The second-order valence-corrected chi connectivity index (χ2v) is 6.32. The van der Waals surface area contributed by atoms with Gasteiger partial charge < -0.3 is 4.90 Å². The van der Waals surface area contributed by atoms with E-state index in [2.05, 4.69) is 15.0 Å². The number of fused-ring (bicyclic) bond motifs is 1. The van der Waals surface area contributed by atoms with Gasteiger partial charge in [-0.05, 0) is 18.9 Å². The highest BCUT2D eigenvalue weighted by molar-refractivity contribution is 6.38. The Labute approximate surface area is 148 Å². The lowest BCUT2D eigenvalue weighted by Crippen LogP contribution is -2.39. The minimum atomic E-state index is -0.832. The number of carbonyl (C=O) groups excluding carboxylic acids is 1. The SMILES string of the molecule is O=C(c1cnc2c(ccn2-c2cnccn2)c1Cl)N1CCC(F)CC1. The Kier molecular flexibility index (Phi) is 4.09. The van der Waals surface area contributed by atoms with Crippen LogP contribution in [0.4, 0.5) is 4.39 Å². The fraction of sp³-hybridized carbons (Fsp3) is 0.294. The predicted molar refractivity (Wildman–Crippen MR) is 91.7 cm³/mol. The van der Waals surface area contributed by atoms with Crippen molar-refractivity contribution in [3.05, 3.63) is 47.6 Å². The van der Waals surface area contributed by atoms with Crippen LogP contribution in [0.1, 0.15) is 23.2 Å². The molecule has 4 heterocycles. The van der Waals surface area contributed by atoms with Crippen LogP contribution in [0.3, 0.4) is 0 Å². The average Bonchev–Trinajstić information content (AvgIpc) is 3.08. The van der Waals surface area contributed by atoms with Crippen LogP contribution in [0.5, 0.6) is 0 Å². The van der Waals surface area contributed by atoms with Crippen molar-refractivity contribution in [2.45, 2.75) is 19.0 Å². The van der Waals surface area contributed by atoms with Gasteiger partial charge in [0, 0.05) is 43.3 Å². The molecule has 0 spiro atoms. The molecule has 1 amide bonds. The highest BCUT2D eigenvalue weighted by Gasteiger charge is 2.26. The molecule has 0 aliphatic carbocycles. The predicted octanol–water partition coefficient (Wildman–Crippen LogP) is 3.04. The van der Waals surface area contributed by atoms with E-state index >= 15 is 0 Å². The van der Waals surface area contributed by atoms with E-state index in [0.717, 1.165) is 0 Å². The van der Waals surface area contributed by atoms with E-state index in [1.165, 1.54) is 6.20 Å². The maximum atomic E-state index is 13.3. The van der Waals surface area contributed by atoms with Gasteiger partial charge in [0.15, 0.2) is 5.82 Å². The minimum Gasteiger partial charge on any atom is -0.338 e. The van der Waals surface area contributed by atoms with Crippen LogP contribution in [0.2, 0.25) is 5.02 Å². The molecular formula is C17H15ClFN5O. The van der Waals surface area contributed by atoms with Gasteiger partial charge in [0.1, 0.15) is 11.8 Å². The summed E-state index contributed by atoms with van der Waals surface area (Å²) in [6.45, 7) is 0.796. The molecule has 0 N–H and O–H groups in total. The minimum absolute atomic E-state index is 0.210. The third kappa shape index (κ3) is 2.84. The van der Waals surface area contributed by atoms with E-state index in [-0.39, 0.29) is 5.91 Å². The third-order valence-corrected chi connectivity index (χ3v) is 4.79. The van der Waals surface area contributed by atoms with Gasteiger partial charge in [0.25, 0.3) is 5.91 Å². The number of hydrogen-bond acceptors (Lipinski definition) is 4. The first-order chi connectivity index (χ1) is 12.1. The van der Waals surface area contributed by atoms with Crippen molar-refractivity contribution < 1.29 is 9.18 Å². The van der Waals surface area contributed by atoms with Crippen LogP contribution in [0.25, 0.3) is 16.9 Å². The number of likely N-dealkylation sites (tertiary alicyclic amines) is 1. The molecule has 0 atom stereocenters. The van der Waals surface area contributed by atoms with E-state index in [1.807, 2.05) is 0 Å². The highest BCUT2D eigenvalue weighted by Crippen LogP contribution is 2.29. The largest absolute Gasteiger partial charge is 0.338 e. The molecule has 0 unspecified atom stereocenters. The Balaban J connectivity index is 1.71. The molecule has 4 rings (SSSR count). The van der Waals surface area contributed by atoms with Crippen LogP contribution in [-0.2, 0) is 0 Å². The zero-order chi connectivity index (χ0) is 17.4. The zero-order valence-electron chi connectivity index (χ0n) is 13.3. The van der Waals surface area contributed by atoms with Crippen molar-refractivity contribution in [2.24, 2.45) is 0 Å². The molecule has 6 nitrogen and oxygen atoms in total. The van der Waals surface area contributed by atoms with Gasteiger partial charge in [-0.15, -0.1) is 0 Å². The maximum Gasteiger partial charge on any atom is 0.256 e. The van der Waals surface area contributed by atoms with Crippen LogP contribution >= 0.6 is 11.6 Å². The summed E-state index contributed by atoms with van der Waals surface area (Å²) in [5.74, 6) is 0.406. The lowest BCUT2D eigenvalue weighted by atomic mass is 10.1. The normalized spacial score (nSPS) is 15.7. The fourth-order valence-corrected chi connectivity index (χ4v) is 3.30. The summed E-state index contributed by atoms with van der Waals surface area (Å²) in [6, 6.07) is 1.80. The molecule has 3 aromatic rings. The van der Waals surface area contributed by atoms with Crippen molar-refractivity contribution in [3.63, 3.8) is 0 Å². The van der Waals surface area contributed by atoms with E-state index in [0.29, 0.717) is 53.4 Å². The average molecular weight is 360 g/mol. The van der Waals surface area contributed by atoms with Gasteiger partial charge in [-0.1, -0.05) is 11.6 Å². The van der Waals surface area contributed by atoms with Crippen molar-refractivity contribution in [1.29, 1.82) is 0 Å². The molecule has 25 heavy (non-hydrogen) atoms. The van der Waals surface area contributed by atoms with Gasteiger partial charge >= 0.3 is 0 Å². The van der Waals surface area contributed by atoms with E-state index in [1.54, 1.807) is 40.3 Å². The number of aromatic nitrogens is 4. The molecule has 0 aromatic carbocycles. The smallest absolute Gasteiger partial charge is 0.256 e. The van der Waals surface area contributed by atoms with Gasteiger partial charge in [-0.2, -0.15) is 0 Å². The third-order valence-electron chi connectivity index (χ3n) is 4.39. The molecule has 0 radical (unpaired) electrons. The number of halogens is 2. The summed E-state index contributed by atoms with van der Waals surface area (Å²) in [6.07, 6.45) is 7.96. The fourth-order valence-electron chi connectivity index (χ4n) is 3.03. The number of rotatable bonds is 2. The first-order valence-corrected chi connectivity index (χ1v) is 8.38. The number of nitrogens with zero attached hydrogens (tertiary/aromatic N) is 5. The zero-order valence-corrected chi connectivity index (χ0v) is 14.0. The monoisotopic (exact) mass is 359 g/mol. The Morgan fingerprint density at radius 2 is 2.00 bits per heavy atom. The van der Waals surface area contributed by atoms with Crippen LogP contribution in [0.15, 0.2) is 37.1 Å². The summed E-state index contributed by atoms with van der Waals surface area (Å²) in [5.41, 5.74) is 0.938. The maximum absolute atomic E-state index is 13.3. The summed E-state index contributed by atoms with van der Waals surface area (Å²) in [7, 11) is 0. The summed E-state index contributed by atoms with van der Waals surface area (Å²) in [5, 5.41) is 1.01. The van der Waals surface area contributed by atoms with Gasteiger partial charge in [0.2, 0.25) is 0 Å². The van der Waals surface area contributed by atoms with Gasteiger partial charge in [-0.25, -0.2) is 14.4 Å². The van der Waals surface area contributed by atoms with Crippen molar-refractivity contribution >= 4 is 28.5 Å². The van der Waals surface area contributed by atoms with Crippen molar-refractivity contribution in [2.75, 3.05) is 13.1 Å². The highest BCUT2D eigenvalue weighted by atomic mass is 35.5. The molecule has 1 aliphatic rings. The number of pyridine rings is 1. The Morgan fingerprint density at radius 3 is 2.72 bits per heavy atom. The standard InChI is InChI=1S/C17H15ClFN5O/c18-15-12-3-8-24(14-10-20-4-5-21-14)16(12)22-9-13(15)17(25)23-6-1-11(19)2-7-23/h3-5,8-11H,1-2,6-7H2. The Morgan fingerprint density at radius 1 is 1.20 bits per heavy atom. The van der Waals surface area contributed by atoms with Gasteiger partial charge in [0.05, 0.1) is 16.8 Å². The second kappa shape index (κ2) is 6.40. The lowest BCUT2D eigenvalue weighted by Gasteiger charge is -2.28. The first kappa shape index (κ1) is 16.0. The Hall–Kier alpha value is -2.54. The first-order valence-electron chi connectivity index (χ1n) is 8.00. The summed E-state index contributed by atoms with van der Waals surface area (Å²) >= 11 is 6.47. The van der Waals surface area contributed by atoms with Crippen LogP contribution in [-0.4, -0.2) is 49.6 Å². The lowest BCUT2D eigenvalue weighted by molar-refractivity contribution is 0.0667.